The number of pyridine rings is 1. The smallest absolute Gasteiger partial charge is 0.139 e. The van der Waals surface area contributed by atoms with E-state index in [-0.39, 0.29) is 0 Å². The number of hydrogen-bond acceptors (Lipinski definition) is 3. The molecular formula is C14H21N3S. The third-order valence-electron chi connectivity index (χ3n) is 3.47. The van der Waals surface area contributed by atoms with Gasteiger partial charge in [-0.05, 0) is 44.2 Å². The lowest BCUT2D eigenvalue weighted by Crippen LogP contribution is -2.28. The van der Waals surface area contributed by atoms with E-state index in [1.807, 2.05) is 0 Å². The minimum Gasteiger partial charge on any atom is -0.389 e. The van der Waals surface area contributed by atoms with Crippen molar-refractivity contribution in [2.45, 2.75) is 39.5 Å². The van der Waals surface area contributed by atoms with Crippen LogP contribution in [0.2, 0.25) is 0 Å². The molecule has 2 rings (SSSR count). The van der Waals surface area contributed by atoms with E-state index >= 15 is 0 Å². The molecule has 0 radical (unpaired) electrons. The first kappa shape index (κ1) is 13.3. The lowest BCUT2D eigenvalue weighted by molar-refractivity contribution is 0.773. The second-order valence-corrected chi connectivity index (χ2v) is 5.20. The molecule has 1 aliphatic rings. The van der Waals surface area contributed by atoms with Crippen LogP contribution in [0.15, 0.2) is 6.07 Å². The van der Waals surface area contributed by atoms with E-state index < -0.39 is 0 Å². The molecule has 0 aliphatic heterocycles. The molecule has 0 spiro atoms. The van der Waals surface area contributed by atoms with Gasteiger partial charge in [0.05, 0.1) is 5.56 Å². The molecule has 0 amide bonds. The molecule has 4 heteroatoms. The van der Waals surface area contributed by atoms with E-state index in [2.05, 4.69) is 24.8 Å². The van der Waals surface area contributed by atoms with Gasteiger partial charge in [-0.3, -0.25) is 0 Å². The lowest BCUT2D eigenvalue weighted by atomic mass is 10.1. The summed E-state index contributed by atoms with van der Waals surface area (Å²) >= 11 is 5.18. The fourth-order valence-electron chi connectivity index (χ4n) is 2.57. The minimum atomic E-state index is 0.460. The van der Waals surface area contributed by atoms with E-state index in [9.17, 15) is 0 Å². The molecule has 0 aromatic carbocycles. The predicted molar refractivity (Wildman–Crippen MR) is 80.3 cm³/mol. The van der Waals surface area contributed by atoms with Crippen LogP contribution in [0.1, 0.15) is 43.5 Å². The number of rotatable bonds is 5. The van der Waals surface area contributed by atoms with Crippen molar-refractivity contribution in [1.82, 2.24) is 4.98 Å². The van der Waals surface area contributed by atoms with Crippen LogP contribution in [-0.4, -0.2) is 23.1 Å². The maximum atomic E-state index is 5.86. The van der Waals surface area contributed by atoms with E-state index in [4.69, 9.17) is 22.9 Å². The molecule has 0 fully saturated rings. The van der Waals surface area contributed by atoms with Gasteiger partial charge in [0.2, 0.25) is 0 Å². The van der Waals surface area contributed by atoms with E-state index in [1.165, 1.54) is 17.7 Å². The Morgan fingerprint density at radius 3 is 2.83 bits per heavy atom. The number of thiocarbonyl (C=S) groups is 1. The van der Waals surface area contributed by atoms with Gasteiger partial charge in [-0.25, -0.2) is 4.98 Å². The van der Waals surface area contributed by atoms with Crippen LogP contribution in [-0.2, 0) is 12.8 Å². The molecule has 1 heterocycles. The van der Waals surface area contributed by atoms with Gasteiger partial charge in [-0.15, -0.1) is 0 Å². The van der Waals surface area contributed by atoms with Crippen molar-refractivity contribution in [3.05, 3.63) is 22.9 Å². The van der Waals surface area contributed by atoms with Crippen molar-refractivity contribution in [1.29, 1.82) is 0 Å². The number of anilines is 1. The van der Waals surface area contributed by atoms with Gasteiger partial charge >= 0.3 is 0 Å². The van der Waals surface area contributed by atoms with Crippen molar-refractivity contribution in [3.63, 3.8) is 0 Å². The minimum absolute atomic E-state index is 0.460. The Morgan fingerprint density at radius 2 is 2.22 bits per heavy atom. The monoisotopic (exact) mass is 263 g/mol. The highest BCUT2D eigenvalue weighted by molar-refractivity contribution is 7.80. The van der Waals surface area contributed by atoms with Gasteiger partial charge in [0.15, 0.2) is 0 Å². The van der Waals surface area contributed by atoms with Crippen LogP contribution >= 0.6 is 12.2 Å². The molecule has 1 aromatic heterocycles. The number of hydrogen-bond donors (Lipinski definition) is 1. The maximum Gasteiger partial charge on any atom is 0.139 e. The highest BCUT2D eigenvalue weighted by Gasteiger charge is 2.20. The maximum absolute atomic E-state index is 5.86. The summed E-state index contributed by atoms with van der Waals surface area (Å²) in [6, 6.07) is 2.16. The topological polar surface area (TPSA) is 42.2 Å². The van der Waals surface area contributed by atoms with Crippen LogP contribution in [0.25, 0.3) is 0 Å². The second kappa shape index (κ2) is 5.65. The average molecular weight is 263 g/mol. The summed E-state index contributed by atoms with van der Waals surface area (Å²) in [4.78, 5) is 7.55. The summed E-state index contributed by atoms with van der Waals surface area (Å²) in [6.07, 6.45) is 4.49. The average Bonchev–Trinajstić information content (AvgIpc) is 2.81. The Hall–Kier alpha value is -1.16. The Bertz CT molecular complexity index is 457. The first-order valence-electron chi connectivity index (χ1n) is 6.74. The van der Waals surface area contributed by atoms with E-state index in [0.29, 0.717) is 4.99 Å². The summed E-state index contributed by atoms with van der Waals surface area (Å²) < 4.78 is 0. The van der Waals surface area contributed by atoms with Gasteiger partial charge in [0, 0.05) is 18.8 Å². The molecule has 18 heavy (non-hydrogen) atoms. The fourth-order valence-corrected chi connectivity index (χ4v) is 2.72. The van der Waals surface area contributed by atoms with Crippen LogP contribution < -0.4 is 10.6 Å². The lowest BCUT2D eigenvalue weighted by Gasteiger charge is -2.24. The summed E-state index contributed by atoms with van der Waals surface area (Å²) in [5, 5.41) is 0. The van der Waals surface area contributed by atoms with Gasteiger partial charge in [-0.2, -0.15) is 0 Å². The molecule has 0 bridgehead atoms. The van der Waals surface area contributed by atoms with Crippen molar-refractivity contribution in [2.75, 3.05) is 18.0 Å². The molecule has 0 saturated heterocycles. The molecule has 2 N–H and O–H groups in total. The number of aromatic nitrogens is 1. The molecule has 98 valence electrons. The van der Waals surface area contributed by atoms with E-state index in [1.54, 1.807) is 0 Å². The molecule has 0 saturated carbocycles. The first-order chi connectivity index (χ1) is 8.67. The Kier molecular flexibility index (Phi) is 4.17. The highest BCUT2D eigenvalue weighted by Crippen LogP contribution is 2.27. The van der Waals surface area contributed by atoms with Crippen LogP contribution in [0.5, 0.6) is 0 Å². The van der Waals surface area contributed by atoms with Gasteiger partial charge in [0.25, 0.3) is 0 Å². The third-order valence-corrected chi connectivity index (χ3v) is 3.69. The summed E-state index contributed by atoms with van der Waals surface area (Å²) in [7, 11) is 0. The first-order valence-corrected chi connectivity index (χ1v) is 7.15. The Morgan fingerprint density at radius 1 is 1.44 bits per heavy atom. The molecule has 1 aliphatic carbocycles. The number of fused-ring (bicyclic) bond motifs is 1. The van der Waals surface area contributed by atoms with Crippen LogP contribution in [0.3, 0.4) is 0 Å². The van der Waals surface area contributed by atoms with Crippen molar-refractivity contribution in [2.24, 2.45) is 5.73 Å². The molecule has 0 unspecified atom stereocenters. The number of nitrogens with two attached hydrogens (primary N) is 1. The fraction of sp³-hybridized carbons (Fsp3) is 0.571. The zero-order valence-corrected chi connectivity index (χ0v) is 12.0. The van der Waals surface area contributed by atoms with Crippen LogP contribution in [0.4, 0.5) is 5.82 Å². The Labute approximate surface area is 114 Å². The summed E-state index contributed by atoms with van der Waals surface area (Å²) in [5.41, 5.74) is 9.37. The third kappa shape index (κ3) is 2.48. The highest BCUT2D eigenvalue weighted by atomic mass is 32.1. The molecule has 0 atom stereocenters. The van der Waals surface area contributed by atoms with Crippen LogP contribution in [0, 0.1) is 0 Å². The van der Waals surface area contributed by atoms with Gasteiger partial charge < -0.3 is 10.6 Å². The Balaban J connectivity index is 2.46. The SMILES string of the molecule is CCCN(CC)c1nc2c(cc1C(N)=S)CCC2. The summed E-state index contributed by atoms with van der Waals surface area (Å²) in [6.45, 7) is 6.26. The number of nitrogens with zero attached hydrogens (tertiary/aromatic N) is 2. The van der Waals surface area contributed by atoms with Crippen molar-refractivity contribution < 1.29 is 0 Å². The number of aryl methyl sites for hydroxylation is 2. The van der Waals surface area contributed by atoms with Crippen molar-refractivity contribution in [3.8, 4) is 0 Å². The molecule has 3 nitrogen and oxygen atoms in total. The quantitative estimate of drug-likeness (QED) is 0.829. The molecule has 1 aromatic rings. The molecular weight excluding hydrogens is 242 g/mol. The van der Waals surface area contributed by atoms with Crippen molar-refractivity contribution >= 4 is 23.0 Å². The standard InChI is InChI=1S/C14H21N3S/c1-3-8-17(4-2)14-11(13(15)18)9-10-6-5-7-12(10)16-14/h9H,3-8H2,1-2H3,(H2,15,18). The normalized spacial score (nSPS) is 13.4. The predicted octanol–water partition coefficient (Wildman–Crippen LogP) is 2.44. The zero-order chi connectivity index (χ0) is 13.1. The van der Waals surface area contributed by atoms with E-state index in [0.717, 1.165) is 43.7 Å². The summed E-state index contributed by atoms with van der Waals surface area (Å²) in [5.74, 6) is 0.979. The second-order valence-electron chi connectivity index (χ2n) is 4.76. The zero-order valence-electron chi connectivity index (χ0n) is 11.2. The van der Waals surface area contributed by atoms with Gasteiger partial charge in [0.1, 0.15) is 10.8 Å². The van der Waals surface area contributed by atoms with Gasteiger partial charge in [-0.1, -0.05) is 19.1 Å². The largest absolute Gasteiger partial charge is 0.389 e.